The van der Waals surface area contributed by atoms with E-state index in [-0.39, 0.29) is 41.1 Å². The summed E-state index contributed by atoms with van der Waals surface area (Å²) in [6.45, 7) is 2.03. The van der Waals surface area contributed by atoms with Gasteiger partial charge >= 0.3 is 5.97 Å². The number of rotatable bonds is 7. The van der Waals surface area contributed by atoms with Gasteiger partial charge in [0.2, 0.25) is 15.9 Å². The topological polar surface area (TPSA) is 102 Å². The van der Waals surface area contributed by atoms with E-state index < -0.39 is 27.9 Å². The number of ether oxygens (including phenoxy) is 2. The molecular weight excluding hydrogens is 451 g/mol. The van der Waals surface area contributed by atoms with E-state index in [1.54, 1.807) is 25.1 Å². The van der Waals surface area contributed by atoms with E-state index in [0.29, 0.717) is 18.4 Å². The zero-order valence-electron chi connectivity index (χ0n) is 18.7. The van der Waals surface area contributed by atoms with Gasteiger partial charge in [-0.25, -0.2) is 17.6 Å². The quantitative estimate of drug-likeness (QED) is 0.614. The number of sulfonamides is 1. The first-order chi connectivity index (χ1) is 15.7. The summed E-state index contributed by atoms with van der Waals surface area (Å²) in [6.07, 6.45) is 0.657. The molecule has 0 aromatic heterocycles. The molecule has 3 rings (SSSR count). The Labute approximate surface area is 192 Å². The Bertz CT molecular complexity index is 1130. The van der Waals surface area contributed by atoms with Crippen molar-refractivity contribution >= 4 is 21.9 Å². The van der Waals surface area contributed by atoms with Crippen molar-refractivity contribution in [2.45, 2.75) is 30.7 Å². The molecule has 1 N–H and O–H groups in total. The third-order valence-corrected chi connectivity index (χ3v) is 7.73. The van der Waals surface area contributed by atoms with Crippen molar-refractivity contribution in [3.8, 4) is 5.75 Å². The molecule has 33 heavy (non-hydrogen) atoms. The Hall–Kier alpha value is -2.98. The molecule has 0 bridgehead atoms. The van der Waals surface area contributed by atoms with Gasteiger partial charge in [0.05, 0.1) is 30.7 Å². The van der Waals surface area contributed by atoms with E-state index in [4.69, 9.17) is 9.47 Å². The van der Waals surface area contributed by atoms with Crippen LogP contribution in [0.4, 0.5) is 4.39 Å². The van der Waals surface area contributed by atoms with Crippen LogP contribution in [0.1, 0.15) is 41.7 Å². The molecule has 0 saturated carbocycles. The predicted octanol–water partition coefficient (Wildman–Crippen LogP) is 2.90. The number of esters is 1. The van der Waals surface area contributed by atoms with E-state index in [1.165, 1.54) is 42.8 Å². The van der Waals surface area contributed by atoms with Gasteiger partial charge in [0, 0.05) is 19.0 Å². The molecule has 178 valence electrons. The maximum Gasteiger partial charge on any atom is 0.339 e. The number of methoxy groups -OCH3 is 2. The Morgan fingerprint density at radius 2 is 1.79 bits per heavy atom. The smallest absolute Gasteiger partial charge is 0.339 e. The first-order valence-corrected chi connectivity index (χ1v) is 11.9. The van der Waals surface area contributed by atoms with Gasteiger partial charge in [0.25, 0.3) is 0 Å². The van der Waals surface area contributed by atoms with Gasteiger partial charge in [-0.1, -0.05) is 18.2 Å². The second kappa shape index (κ2) is 10.3. The lowest BCUT2D eigenvalue weighted by atomic mass is 9.96. The number of hydrogen-bond donors (Lipinski definition) is 1. The van der Waals surface area contributed by atoms with Crippen molar-refractivity contribution < 1.29 is 31.9 Å². The van der Waals surface area contributed by atoms with Crippen LogP contribution in [0, 0.1) is 11.7 Å². The Morgan fingerprint density at radius 3 is 2.39 bits per heavy atom. The zero-order chi connectivity index (χ0) is 24.2. The van der Waals surface area contributed by atoms with Gasteiger partial charge in [-0.15, -0.1) is 0 Å². The van der Waals surface area contributed by atoms with Crippen LogP contribution < -0.4 is 10.1 Å². The highest BCUT2D eigenvalue weighted by atomic mass is 32.2. The number of carbonyl (C=O) groups excluding carboxylic acids is 2. The number of hydrogen-bond acceptors (Lipinski definition) is 6. The summed E-state index contributed by atoms with van der Waals surface area (Å²) >= 11 is 0. The SMILES string of the molecule is COC(=O)c1ccccc1S(=O)(=O)N1CCC(C(=O)N[C@@H](C)c2ccc(OC)c(F)c2)CC1. The zero-order valence-corrected chi connectivity index (χ0v) is 19.5. The molecule has 1 heterocycles. The Balaban J connectivity index is 1.64. The molecule has 0 unspecified atom stereocenters. The lowest BCUT2D eigenvalue weighted by Gasteiger charge is -2.31. The maximum atomic E-state index is 14.0. The molecule has 2 aromatic carbocycles. The molecule has 1 aliphatic heterocycles. The summed E-state index contributed by atoms with van der Waals surface area (Å²) < 4.78 is 51.1. The number of benzene rings is 2. The van der Waals surface area contributed by atoms with E-state index in [2.05, 4.69) is 5.32 Å². The summed E-state index contributed by atoms with van der Waals surface area (Å²) in [5.41, 5.74) is 0.571. The highest BCUT2D eigenvalue weighted by Crippen LogP contribution is 2.27. The van der Waals surface area contributed by atoms with Crippen LogP contribution in [-0.4, -0.2) is 51.9 Å². The fraction of sp³-hybridized carbons (Fsp3) is 0.391. The molecule has 8 nitrogen and oxygen atoms in total. The fourth-order valence-corrected chi connectivity index (χ4v) is 5.48. The molecule has 1 atom stereocenters. The third kappa shape index (κ3) is 5.33. The summed E-state index contributed by atoms with van der Waals surface area (Å²) in [5.74, 6) is -1.71. The standard InChI is InChI=1S/C23H27FN2O6S/c1-15(17-8-9-20(31-2)19(24)14-17)25-22(27)16-10-12-26(13-11-16)33(29,30)21-7-5-4-6-18(21)23(28)32-3/h4-9,14-16H,10-13H2,1-3H3,(H,25,27)/t15-/m0/s1. The van der Waals surface area contributed by atoms with Gasteiger partial charge in [-0.3, -0.25) is 4.79 Å². The number of carbonyl (C=O) groups is 2. The molecule has 1 amide bonds. The van der Waals surface area contributed by atoms with Crippen LogP contribution in [0.15, 0.2) is 47.4 Å². The van der Waals surface area contributed by atoms with Crippen LogP contribution in [0.5, 0.6) is 5.75 Å². The monoisotopic (exact) mass is 478 g/mol. The number of nitrogens with zero attached hydrogens (tertiary/aromatic N) is 1. The highest BCUT2D eigenvalue weighted by molar-refractivity contribution is 7.89. The average Bonchev–Trinajstić information content (AvgIpc) is 2.83. The van der Waals surface area contributed by atoms with E-state index in [9.17, 15) is 22.4 Å². The number of piperidine rings is 1. The van der Waals surface area contributed by atoms with Crippen LogP contribution in [0.25, 0.3) is 0 Å². The first kappa shape index (κ1) is 24.7. The summed E-state index contributed by atoms with van der Waals surface area (Å²) in [7, 11) is -1.36. The molecule has 10 heteroatoms. The molecule has 1 aliphatic rings. The molecule has 0 radical (unpaired) electrons. The maximum absolute atomic E-state index is 14.0. The van der Waals surface area contributed by atoms with Crippen molar-refractivity contribution in [1.82, 2.24) is 9.62 Å². The molecular formula is C23H27FN2O6S. The van der Waals surface area contributed by atoms with E-state index in [0.717, 1.165) is 0 Å². The van der Waals surface area contributed by atoms with Crippen LogP contribution >= 0.6 is 0 Å². The van der Waals surface area contributed by atoms with Gasteiger partial charge in [0.1, 0.15) is 0 Å². The number of amides is 1. The van der Waals surface area contributed by atoms with Crippen LogP contribution in [-0.2, 0) is 19.6 Å². The average molecular weight is 479 g/mol. The molecule has 1 fully saturated rings. The molecule has 1 saturated heterocycles. The number of halogens is 1. The van der Waals surface area contributed by atoms with E-state index >= 15 is 0 Å². The largest absolute Gasteiger partial charge is 0.494 e. The summed E-state index contributed by atoms with van der Waals surface area (Å²) in [4.78, 5) is 24.6. The van der Waals surface area contributed by atoms with Crippen molar-refractivity contribution in [1.29, 1.82) is 0 Å². The third-order valence-electron chi connectivity index (χ3n) is 5.77. The van der Waals surface area contributed by atoms with Crippen molar-refractivity contribution in [2.75, 3.05) is 27.3 Å². The lowest BCUT2D eigenvalue weighted by Crippen LogP contribution is -2.43. The van der Waals surface area contributed by atoms with Crippen molar-refractivity contribution in [2.24, 2.45) is 5.92 Å². The number of nitrogens with one attached hydrogen (secondary N) is 1. The summed E-state index contributed by atoms with van der Waals surface area (Å²) in [6, 6.07) is 9.96. The van der Waals surface area contributed by atoms with Crippen molar-refractivity contribution in [3.63, 3.8) is 0 Å². The minimum absolute atomic E-state index is 0.0274. The Kier molecular flexibility index (Phi) is 7.70. The van der Waals surface area contributed by atoms with Gasteiger partial charge < -0.3 is 14.8 Å². The Morgan fingerprint density at radius 1 is 1.12 bits per heavy atom. The van der Waals surface area contributed by atoms with E-state index in [1.807, 2.05) is 0 Å². The lowest BCUT2D eigenvalue weighted by molar-refractivity contribution is -0.126. The summed E-state index contributed by atoms with van der Waals surface area (Å²) in [5, 5.41) is 2.87. The minimum atomic E-state index is -3.93. The molecule has 0 spiro atoms. The molecule has 0 aliphatic carbocycles. The van der Waals surface area contributed by atoms with Gasteiger partial charge in [0.15, 0.2) is 11.6 Å². The minimum Gasteiger partial charge on any atom is -0.494 e. The normalized spacial score (nSPS) is 16.1. The molecule has 2 aromatic rings. The van der Waals surface area contributed by atoms with Crippen LogP contribution in [0.2, 0.25) is 0 Å². The second-order valence-corrected chi connectivity index (χ2v) is 9.70. The fourth-order valence-electron chi connectivity index (χ4n) is 3.83. The van der Waals surface area contributed by atoms with Gasteiger partial charge in [-0.2, -0.15) is 4.31 Å². The first-order valence-electron chi connectivity index (χ1n) is 10.5. The van der Waals surface area contributed by atoms with Crippen LogP contribution in [0.3, 0.4) is 0 Å². The second-order valence-electron chi connectivity index (χ2n) is 7.79. The highest BCUT2D eigenvalue weighted by Gasteiger charge is 2.34. The van der Waals surface area contributed by atoms with Gasteiger partial charge in [-0.05, 0) is 49.6 Å². The van der Waals surface area contributed by atoms with Crippen molar-refractivity contribution in [3.05, 3.63) is 59.4 Å². The predicted molar refractivity (Wildman–Crippen MR) is 119 cm³/mol.